The zero-order chi connectivity index (χ0) is 6.32. The highest BCUT2D eigenvalue weighted by Crippen LogP contribution is 2.32. The maximum atomic E-state index is 9.35. The minimum Gasteiger partial charge on any atom is -0.387 e. The average Bonchev–Trinajstić information content (AvgIpc) is 2.07. The van der Waals surface area contributed by atoms with Crippen molar-refractivity contribution in [3.63, 3.8) is 0 Å². The van der Waals surface area contributed by atoms with Gasteiger partial charge in [0, 0.05) is 0 Å². The third kappa shape index (κ3) is 0.575. The van der Waals surface area contributed by atoms with E-state index >= 15 is 0 Å². The number of aliphatic hydroxyl groups excluding tert-OH is 1. The standard InChI is InChI=1S/C7H11NO/c9-6-2-1-3-7(6)4-5-8-7/h1-2,6,8-9H,3-5H2/t6-,7-/m1/s1. The van der Waals surface area contributed by atoms with Crippen LogP contribution in [0.1, 0.15) is 12.8 Å². The van der Waals surface area contributed by atoms with Crippen LogP contribution in [0, 0.1) is 0 Å². The van der Waals surface area contributed by atoms with Gasteiger partial charge in [-0.3, -0.25) is 0 Å². The molecule has 2 N–H and O–H groups in total. The Labute approximate surface area is 54.6 Å². The second-order valence-electron chi connectivity index (χ2n) is 2.91. The van der Waals surface area contributed by atoms with Crippen molar-refractivity contribution in [3.8, 4) is 0 Å². The zero-order valence-electron chi connectivity index (χ0n) is 5.30. The summed E-state index contributed by atoms with van der Waals surface area (Å²) in [5.74, 6) is 0. The van der Waals surface area contributed by atoms with E-state index in [1.54, 1.807) is 0 Å². The van der Waals surface area contributed by atoms with Crippen LogP contribution in [0.4, 0.5) is 0 Å². The highest BCUT2D eigenvalue weighted by Gasteiger charge is 2.43. The lowest BCUT2D eigenvalue weighted by molar-refractivity contribution is 0.0609. The lowest BCUT2D eigenvalue weighted by atomic mass is 9.84. The second kappa shape index (κ2) is 1.58. The molecule has 1 aliphatic carbocycles. The monoisotopic (exact) mass is 125 g/mol. The van der Waals surface area contributed by atoms with E-state index in [1.807, 2.05) is 6.08 Å². The molecule has 0 aromatic rings. The molecule has 0 aromatic carbocycles. The van der Waals surface area contributed by atoms with Gasteiger partial charge in [0.25, 0.3) is 0 Å². The molecule has 1 aliphatic heterocycles. The molecule has 1 spiro atoms. The van der Waals surface area contributed by atoms with Crippen LogP contribution in [0.3, 0.4) is 0 Å². The molecule has 0 amide bonds. The molecule has 1 saturated heterocycles. The lowest BCUT2D eigenvalue weighted by Gasteiger charge is -2.42. The van der Waals surface area contributed by atoms with E-state index in [1.165, 1.54) is 0 Å². The third-order valence-corrected chi connectivity index (χ3v) is 2.41. The Kier molecular flexibility index (Phi) is 0.957. The fourth-order valence-electron chi connectivity index (χ4n) is 1.58. The lowest BCUT2D eigenvalue weighted by Crippen LogP contribution is -2.61. The molecule has 2 atom stereocenters. The van der Waals surface area contributed by atoms with Gasteiger partial charge in [-0.15, -0.1) is 0 Å². The van der Waals surface area contributed by atoms with E-state index in [2.05, 4.69) is 11.4 Å². The Morgan fingerprint density at radius 3 is 2.67 bits per heavy atom. The molecule has 1 fully saturated rings. The summed E-state index contributed by atoms with van der Waals surface area (Å²) in [7, 11) is 0. The Balaban J connectivity index is 2.13. The van der Waals surface area contributed by atoms with Gasteiger partial charge in [-0.05, 0) is 19.4 Å². The smallest absolute Gasteiger partial charge is 0.0906 e. The molecule has 2 rings (SSSR count). The average molecular weight is 125 g/mol. The van der Waals surface area contributed by atoms with Crippen molar-refractivity contribution in [2.45, 2.75) is 24.5 Å². The first-order valence-electron chi connectivity index (χ1n) is 3.43. The summed E-state index contributed by atoms with van der Waals surface area (Å²) in [6, 6.07) is 0. The minimum atomic E-state index is -0.230. The maximum absolute atomic E-state index is 9.35. The van der Waals surface area contributed by atoms with Gasteiger partial charge in [-0.1, -0.05) is 12.2 Å². The zero-order valence-corrected chi connectivity index (χ0v) is 5.30. The normalized spacial score (nSPS) is 47.9. The first kappa shape index (κ1) is 5.45. The van der Waals surface area contributed by atoms with Crippen LogP contribution < -0.4 is 5.32 Å². The number of hydrogen-bond acceptors (Lipinski definition) is 2. The molecule has 2 nitrogen and oxygen atoms in total. The van der Waals surface area contributed by atoms with Crippen LogP contribution in [0.2, 0.25) is 0 Å². The summed E-state index contributed by atoms with van der Waals surface area (Å²) in [5.41, 5.74) is 0.0694. The highest BCUT2D eigenvalue weighted by atomic mass is 16.3. The van der Waals surface area contributed by atoms with Crippen molar-refractivity contribution in [2.75, 3.05) is 6.54 Å². The van der Waals surface area contributed by atoms with Crippen LogP contribution >= 0.6 is 0 Å². The Morgan fingerprint density at radius 1 is 1.67 bits per heavy atom. The third-order valence-electron chi connectivity index (χ3n) is 2.41. The summed E-state index contributed by atoms with van der Waals surface area (Å²) in [6.07, 6.45) is 5.84. The predicted molar refractivity (Wildman–Crippen MR) is 35.1 cm³/mol. The molecule has 1 heterocycles. The molecule has 2 aliphatic rings. The van der Waals surface area contributed by atoms with Gasteiger partial charge in [-0.2, -0.15) is 0 Å². The molecule has 9 heavy (non-hydrogen) atoms. The Bertz CT molecular complexity index is 149. The van der Waals surface area contributed by atoms with E-state index in [4.69, 9.17) is 0 Å². The van der Waals surface area contributed by atoms with E-state index in [-0.39, 0.29) is 11.6 Å². The summed E-state index contributed by atoms with van der Waals surface area (Å²) < 4.78 is 0. The fraction of sp³-hybridized carbons (Fsp3) is 0.714. The van der Waals surface area contributed by atoms with Gasteiger partial charge in [-0.25, -0.2) is 0 Å². The van der Waals surface area contributed by atoms with Crippen LogP contribution in [0.15, 0.2) is 12.2 Å². The van der Waals surface area contributed by atoms with Gasteiger partial charge >= 0.3 is 0 Å². The first-order chi connectivity index (χ1) is 4.33. The molecule has 0 aromatic heterocycles. The van der Waals surface area contributed by atoms with Crippen LogP contribution in [0.25, 0.3) is 0 Å². The molecule has 2 heteroatoms. The summed E-state index contributed by atoms with van der Waals surface area (Å²) >= 11 is 0. The van der Waals surface area contributed by atoms with Crippen LogP contribution in [0.5, 0.6) is 0 Å². The second-order valence-corrected chi connectivity index (χ2v) is 2.91. The maximum Gasteiger partial charge on any atom is 0.0906 e. The highest BCUT2D eigenvalue weighted by molar-refractivity contribution is 5.18. The van der Waals surface area contributed by atoms with E-state index < -0.39 is 0 Å². The van der Waals surface area contributed by atoms with E-state index in [0.29, 0.717) is 0 Å². The van der Waals surface area contributed by atoms with Crippen molar-refractivity contribution in [3.05, 3.63) is 12.2 Å². The number of aliphatic hydroxyl groups is 1. The van der Waals surface area contributed by atoms with Gasteiger partial charge in [0.15, 0.2) is 0 Å². The number of hydrogen-bond donors (Lipinski definition) is 2. The molecule has 0 saturated carbocycles. The fourth-order valence-corrected chi connectivity index (χ4v) is 1.58. The van der Waals surface area contributed by atoms with Crippen LogP contribution in [-0.4, -0.2) is 23.3 Å². The minimum absolute atomic E-state index is 0.0694. The Hall–Kier alpha value is -0.340. The predicted octanol–water partition coefficient (Wildman–Crippen LogP) is 0.0393. The quantitative estimate of drug-likeness (QED) is 0.448. The van der Waals surface area contributed by atoms with Crippen molar-refractivity contribution in [1.82, 2.24) is 5.32 Å². The SMILES string of the molecule is O[C@@H]1C=CC[C@@]12CCN2. The van der Waals surface area contributed by atoms with Gasteiger partial charge in [0.05, 0.1) is 11.6 Å². The van der Waals surface area contributed by atoms with Crippen LogP contribution in [-0.2, 0) is 0 Å². The molecule has 50 valence electrons. The number of nitrogens with one attached hydrogen (secondary N) is 1. The molecule has 0 unspecified atom stereocenters. The summed E-state index contributed by atoms with van der Waals surface area (Å²) in [6.45, 7) is 1.07. The molecular weight excluding hydrogens is 114 g/mol. The van der Waals surface area contributed by atoms with Gasteiger partial charge < -0.3 is 10.4 Å². The van der Waals surface area contributed by atoms with E-state index in [0.717, 1.165) is 19.4 Å². The summed E-state index contributed by atoms with van der Waals surface area (Å²) in [4.78, 5) is 0. The summed E-state index contributed by atoms with van der Waals surface area (Å²) in [5, 5.41) is 12.6. The number of rotatable bonds is 0. The topological polar surface area (TPSA) is 32.3 Å². The van der Waals surface area contributed by atoms with Gasteiger partial charge in [0.1, 0.15) is 0 Å². The molecular formula is C7H11NO. The van der Waals surface area contributed by atoms with Crippen molar-refractivity contribution >= 4 is 0 Å². The molecule has 0 bridgehead atoms. The van der Waals surface area contributed by atoms with Crippen molar-refractivity contribution in [2.24, 2.45) is 0 Å². The van der Waals surface area contributed by atoms with E-state index in [9.17, 15) is 5.11 Å². The van der Waals surface area contributed by atoms with Crippen molar-refractivity contribution in [1.29, 1.82) is 0 Å². The van der Waals surface area contributed by atoms with Gasteiger partial charge in [0.2, 0.25) is 0 Å². The Morgan fingerprint density at radius 2 is 2.44 bits per heavy atom. The largest absolute Gasteiger partial charge is 0.387 e. The first-order valence-corrected chi connectivity index (χ1v) is 3.43. The molecule has 0 radical (unpaired) electrons. The van der Waals surface area contributed by atoms with Crippen molar-refractivity contribution < 1.29 is 5.11 Å².